The Hall–Kier alpha value is -0.980. The zero-order valence-electron chi connectivity index (χ0n) is 12.7. The molecule has 0 spiro atoms. The molecule has 1 heteroatoms. The van der Waals surface area contributed by atoms with Crippen LogP contribution in [0.5, 0.6) is 5.75 Å². The minimum atomic E-state index is 0.720. The third kappa shape index (κ3) is 3.75. The summed E-state index contributed by atoms with van der Waals surface area (Å²) in [6.07, 6.45) is 7.73. The van der Waals surface area contributed by atoms with E-state index in [0.717, 1.165) is 30.6 Å². The van der Waals surface area contributed by atoms with Gasteiger partial charge in [-0.1, -0.05) is 52.2 Å². The van der Waals surface area contributed by atoms with Crippen molar-refractivity contribution in [2.45, 2.75) is 65.2 Å². The van der Waals surface area contributed by atoms with E-state index in [0.29, 0.717) is 0 Å². The Bertz CT molecular complexity index is 397. The molecule has 1 nitrogen and oxygen atoms in total. The summed E-state index contributed by atoms with van der Waals surface area (Å²) in [7, 11) is 0. The van der Waals surface area contributed by atoms with Crippen molar-refractivity contribution in [2.75, 3.05) is 6.61 Å². The number of hydrogen-bond acceptors (Lipinski definition) is 1. The standard InChI is InChI=1S/C18H28O/c1-4-6-7-14(3)12-15(5-2)16-8-9-18-17(13-16)10-11-19-18/h8-9,13-15H,4-7,10-12H2,1-3H3. The lowest BCUT2D eigenvalue weighted by Gasteiger charge is -2.20. The molecule has 0 radical (unpaired) electrons. The van der Waals surface area contributed by atoms with E-state index in [1.807, 2.05) is 0 Å². The van der Waals surface area contributed by atoms with Crippen molar-refractivity contribution in [3.8, 4) is 5.75 Å². The molecule has 2 rings (SSSR count). The molecule has 0 bridgehead atoms. The number of benzene rings is 1. The fourth-order valence-corrected chi connectivity index (χ4v) is 3.16. The Labute approximate surface area is 118 Å². The van der Waals surface area contributed by atoms with Gasteiger partial charge < -0.3 is 4.74 Å². The number of rotatable bonds is 7. The first kappa shape index (κ1) is 14.4. The molecular weight excluding hydrogens is 232 g/mol. The third-order valence-electron chi connectivity index (χ3n) is 4.42. The molecule has 1 aliphatic rings. The molecule has 1 heterocycles. The average Bonchev–Trinajstić information content (AvgIpc) is 2.89. The molecule has 0 saturated carbocycles. The zero-order valence-corrected chi connectivity index (χ0v) is 12.7. The second-order valence-electron chi connectivity index (χ2n) is 6.05. The van der Waals surface area contributed by atoms with E-state index in [9.17, 15) is 0 Å². The van der Waals surface area contributed by atoms with Crippen molar-refractivity contribution in [1.82, 2.24) is 0 Å². The number of ether oxygens (including phenoxy) is 1. The molecule has 0 aliphatic carbocycles. The second-order valence-corrected chi connectivity index (χ2v) is 6.05. The van der Waals surface area contributed by atoms with Gasteiger partial charge in [-0.05, 0) is 41.9 Å². The summed E-state index contributed by atoms with van der Waals surface area (Å²) < 4.78 is 5.60. The quantitative estimate of drug-likeness (QED) is 0.643. The predicted octanol–water partition coefficient (Wildman–Crippen LogP) is 5.33. The Morgan fingerprint density at radius 2 is 2.11 bits per heavy atom. The van der Waals surface area contributed by atoms with Gasteiger partial charge in [0.05, 0.1) is 6.61 Å². The Kier molecular flexibility index (Phi) is 5.30. The van der Waals surface area contributed by atoms with E-state index >= 15 is 0 Å². The smallest absolute Gasteiger partial charge is 0.122 e. The van der Waals surface area contributed by atoms with Crippen LogP contribution in [-0.4, -0.2) is 6.61 Å². The number of fused-ring (bicyclic) bond motifs is 1. The summed E-state index contributed by atoms with van der Waals surface area (Å²) in [5.41, 5.74) is 2.94. The van der Waals surface area contributed by atoms with Gasteiger partial charge in [-0.2, -0.15) is 0 Å². The lowest BCUT2D eigenvalue weighted by Crippen LogP contribution is -2.05. The minimum Gasteiger partial charge on any atom is -0.493 e. The highest BCUT2D eigenvalue weighted by molar-refractivity contribution is 5.40. The molecule has 106 valence electrons. The van der Waals surface area contributed by atoms with E-state index < -0.39 is 0 Å². The van der Waals surface area contributed by atoms with Gasteiger partial charge in [0, 0.05) is 6.42 Å². The maximum Gasteiger partial charge on any atom is 0.122 e. The molecule has 0 aromatic heterocycles. The molecule has 2 unspecified atom stereocenters. The Balaban J connectivity index is 2.00. The molecule has 0 saturated heterocycles. The molecule has 0 amide bonds. The second kappa shape index (κ2) is 6.98. The van der Waals surface area contributed by atoms with E-state index in [2.05, 4.69) is 39.0 Å². The fourth-order valence-electron chi connectivity index (χ4n) is 3.16. The third-order valence-corrected chi connectivity index (χ3v) is 4.42. The first-order chi connectivity index (χ1) is 9.24. The van der Waals surface area contributed by atoms with Crippen LogP contribution in [0.1, 0.15) is 69.9 Å². The van der Waals surface area contributed by atoms with Crippen LogP contribution in [-0.2, 0) is 6.42 Å². The molecule has 19 heavy (non-hydrogen) atoms. The molecule has 1 aromatic rings. The van der Waals surface area contributed by atoms with Crippen molar-refractivity contribution in [3.63, 3.8) is 0 Å². The topological polar surface area (TPSA) is 9.23 Å². The summed E-state index contributed by atoms with van der Waals surface area (Å²) in [4.78, 5) is 0. The SMILES string of the molecule is CCCCC(C)CC(CC)c1ccc2c(c1)CCO2. The highest BCUT2D eigenvalue weighted by Gasteiger charge is 2.17. The van der Waals surface area contributed by atoms with Crippen LogP contribution in [0.15, 0.2) is 18.2 Å². The predicted molar refractivity (Wildman–Crippen MR) is 82.0 cm³/mol. The van der Waals surface area contributed by atoms with Crippen LogP contribution in [0, 0.1) is 5.92 Å². The monoisotopic (exact) mass is 260 g/mol. The highest BCUT2D eigenvalue weighted by atomic mass is 16.5. The number of unbranched alkanes of at least 4 members (excludes halogenated alkanes) is 1. The maximum atomic E-state index is 5.60. The molecule has 1 aliphatic heterocycles. The van der Waals surface area contributed by atoms with Gasteiger partial charge >= 0.3 is 0 Å². The highest BCUT2D eigenvalue weighted by Crippen LogP contribution is 2.33. The van der Waals surface area contributed by atoms with Crippen LogP contribution >= 0.6 is 0 Å². The van der Waals surface area contributed by atoms with Crippen LogP contribution < -0.4 is 4.74 Å². The van der Waals surface area contributed by atoms with Crippen molar-refractivity contribution in [1.29, 1.82) is 0 Å². The minimum absolute atomic E-state index is 0.720. The van der Waals surface area contributed by atoms with Crippen LogP contribution in [0.3, 0.4) is 0 Å². The van der Waals surface area contributed by atoms with Crippen LogP contribution in [0.2, 0.25) is 0 Å². The van der Waals surface area contributed by atoms with Gasteiger partial charge in [0.2, 0.25) is 0 Å². The van der Waals surface area contributed by atoms with Gasteiger partial charge in [0.25, 0.3) is 0 Å². The van der Waals surface area contributed by atoms with Crippen molar-refractivity contribution >= 4 is 0 Å². The van der Waals surface area contributed by atoms with Gasteiger partial charge in [-0.25, -0.2) is 0 Å². The summed E-state index contributed by atoms with van der Waals surface area (Å²) in [5.74, 6) is 2.67. The van der Waals surface area contributed by atoms with Crippen LogP contribution in [0.4, 0.5) is 0 Å². The normalized spacial score (nSPS) is 16.8. The van der Waals surface area contributed by atoms with E-state index in [4.69, 9.17) is 4.74 Å². The Morgan fingerprint density at radius 3 is 2.84 bits per heavy atom. The van der Waals surface area contributed by atoms with E-state index in [-0.39, 0.29) is 0 Å². The van der Waals surface area contributed by atoms with Gasteiger partial charge in [-0.3, -0.25) is 0 Å². The van der Waals surface area contributed by atoms with E-state index in [1.165, 1.54) is 43.2 Å². The van der Waals surface area contributed by atoms with E-state index in [1.54, 1.807) is 0 Å². The zero-order chi connectivity index (χ0) is 13.7. The number of hydrogen-bond donors (Lipinski definition) is 0. The van der Waals surface area contributed by atoms with Crippen molar-refractivity contribution in [3.05, 3.63) is 29.3 Å². The molecule has 0 fully saturated rings. The van der Waals surface area contributed by atoms with Crippen molar-refractivity contribution < 1.29 is 4.74 Å². The first-order valence-electron chi connectivity index (χ1n) is 8.00. The summed E-state index contributed by atoms with van der Waals surface area (Å²) in [6.45, 7) is 7.88. The molecule has 0 N–H and O–H groups in total. The van der Waals surface area contributed by atoms with Gasteiger partial charge in [0.15, 0.2) is 0 Å². The van der Waals surface area contributed by atoms with Crippen molar-refractivity contribution in [2.24, 2.45) is 5.92 Å². The molecule has 2 atom stereocenters. The summed E-state index contributed by atoms with van der Waals surface area (Å²) in [5, 5.41) is 0. The average molecular weight is 260 g/mol. The molecular formula is C18H28O. The lowest BCUT2D eigenvalue weighted by molar-refractivity contribution is 0.356. The Morgan fingerprint density at radius 1 is 1.26 bits per heavy atom. The largest absolute Gasteiger partial charge is 0.493 e. The van der Waals surface area contributed by atoms with Gasteiger partial charge in [-0.15, -0.1) is 0 Å². The summed E-state index contributed by atoms with van der Waals surface area (Å²) >= 11 is 0. The molecule has 1 aromatic carbocycles. The lowest BCUT2D eigenvalue weighted by atomic mass is 9.85. The summed E-state index contributed by atoms with van der Waals surface area (Å²) in [6, 6.07) is 6.85. The maximum absolute atomic E-state index is 5.60. The first-order valence-corrected chi connectivity index (χ1v) is 8.00. The van der Waals surface area contributed by atoms with Crippen LogP contribution in [0.25, 0.3) is 0 Å². The fraction of sp³-hybridized carbons (Fsp3) is 0.667. The van der Waals surface area contributed by atoms with Gasteiger partial charge in [0.1, 0.15) is 5.75 Å².